The number of hydrogen-bond acceptors (Lipinski definition) is 3. The van der Waals surface area contributed by atoms with E-state index in [-0.39, 0.29) is 5.91 Å². The number of ether oxygens (including phenoxy) is 2. The van der Waals surface area contributed by atoms with Crippen LogP contribution >= 0.6 is 11.6 Å². The topological polar surface area (TPSA) is 52.5 Å². The number of amides is 1. The predicted molar refractivity (Wildman–Crippen MR) is 101 cm³/mol. The van der Waals surface area contributed by atoms with Crippen LogP contribution in [-0.4, -0.2) is 30.2 Å². The summed E-state index contributed by atoms with van der Waals surface area (Å²) in [5, 5.41) is 4.57. The fourth-order valence-corrected chi connectivity index (χ4v) is 3.51. The van der Waals surface area contributed by atoms with Gasteiger partial charge in [0.25, 0.3) is 5.91 Å². The molecule has 0 saturated heterocycles. The van der Waals surface area contributed by atoms with Crippen LogP contribution in [0.4, 0.5) is 0 Å². The van der Waals surface area contributed by atoms with Crippen molar-refractivity contribution in [2.24, 2.45) is 7.05 Å². The summed E-state index contributed by atoms with van der Waals surface area (Å²) in [6.07, 6.45) is 0.659. The highest BCUT2D eigenvalue weighted by atomic mass is 35.5. The number of carbonyl (C=O) groups is 1. The Kier molecular flexibility index (Phi) is 4.47. The van der Waals surface area contributed by atoms with E-state index < -0.39 is 0 Å². The number of nitrogens with zero attached hydrogens (tertiary/aromatic N) is 1. The monoisotopic (exact) mass is 370 g/mol. The van der Waals surface area contributed by atoms with Gasteiger partial charge in [0.05, 0.1) is 5.02 Å². The predicted octanol–water partition coefficient (Wildman–Crippen LogP) is 3.58. The first-order valence-electron chi connectivity index (χ1n) is 8.54. The molecule has 5 nitrogen and oxygen atoms in total. The quantitative estimate of drug-likeness (QED) is 0.763. The van der Waals surface area contributed by atoms with E-state index in [1.54, 1.807) is 0 Å². The number of aryl methyl sites for hydroxylation is 1. The van der Waals surface area contributed by atoms with Crippen molar-refractivity contribution in [3.05, 3.63) is 58.7 Å². The minimum atomic E-state index is -0.0904. The lowest BCUT2D eigenvalue weighted by Gasteiger charge is -2.20. The molecule has 1 amide bonds. The Balaban J connectivity index is 1.43. The molecule has 0 saturated carbocycles. The zero-order valence-corrected chi connectivity index (χ0v) is 15.2. The molecule has 1 aliphatic heterocycles. The number of fused-ring (bicyclic) bond motifs is 2. The number of halogens is 1. The standard InChI is InChI=1S/C20H19ClN2O3/c1-23-16-5-3-2-4-14(16)12-17(23)20(24)22-7-6-13-10-15(21)19-18(11-13)25-8-9-26-19/h2-5,10-12H,6-9H2,1H3,(H,22,24). The second-order valence-electron chi connectivity index (χ2n) is 6.26. The smallest absolute Gasteiger partial charge is 0.267 e. The van der Waals surface area contributed by atoms with Crippen LogP contribution < -0.4 is 14.8 Å². The van der Waals surface area contributed by atoms with E-state index in [1.807, 2.05) is 54.1 Å². The molecule has 134 valence electrons. The van der Waals surface area contributed by atoms with Gasteiger partial charge in [-0.2, -0.15) is 0 Å². The molecular weight excluding hydrogens is 352 g/mol. The number of rotatable bonds is 4. The van der Waals surface area contributed by atoms with Crippen molar-refractivity contribution < 1.29 is 14.3 Å². The minimum Gasteiger partial charge on any atom is -0.486 e. The van der Waals surface area contributed by atoms with Crippen molar-refractivity contribution in [3.63, 3.8) is 0 Å². The molecule has 0 atom stereocenters. The van der Waals surface area contributed by atoms with E-state index in [1.165, 1.54) is 0 Å². The number of aromatic nitrogens is 1. The zero-order valence-electron chi connectivity index (χ0n) is 14.4. The Bertz CT molecular complexity index is 981. The number of nitrogens with one attached hydrogen (secondary N) is 1. The Morgan fingerprint density at radius 3 is 2.85 bits per heavy atom. The fraction of sp³-hybridized carbons (Fsp3) is 0.250. The Labute approximate surface area is 156 Å². The van der Waals surface area contributed by atoms with Crippen LogP contribution in [0.5, 0.6) is 11.5 Å². The maximum atomic E-state index is 12.5. The van der Waals surface area contributed by atoms with Gasteiger partial charge < -0.3 is 19.4 Å². The maximum Gasteiger partial charge on any atom is 0.267 e. The second kappa shape index (κ2) is 6.92. The van der Waals surface area contributed by atoms with Gasteiger partial charge in [-0.05, 0) is 36.2 Å². The summed E-state index contributed by atoms with van der Waals surface area (Å²) in [6, 6.07) is 13.6. The van der Waals surface area contributed by atoms with Crippen LogP contribution in [0.25, 0.3) is 10.9 Å². The number of carbonyl (C=O) groups excluding carboxylic acids is 1. The summed E-state index contributed by atoms with van der Waals surface area (Å²) >= 11 is 6.25. The third-order valence-corrected chi connectivity index (χ3v) is 4.82. The van der Waals surface area contributed by atoms with Gasteiger partial charge >= 0.3 is 0 Å². The summed E-state index contributed by atoms with van der Waals surface area (Å²) in [5.74, 6) is 1.17. The van der Waals surface area contributed by atoms with Crippen LogP contribution in [0.15, 0.2) is 42.5 Å². The lowest BCUT2D eigenvalue weighted by Crippen LogP contribution is -2.27. The molecule has 0 bridgehead atoms. The largest absolute Gasteiger partial charge is 0.486 e. The summed E-state index contributed by atoms with van der Waals surface area (Å²) in [7, 11) is 1.90. The molecule has 1 aromatic heterocycles. The molecule has 0 spiro atoms. The van der Waals surface area contributed by atoms with Crippen molar-refractivity contribution >= 4 is 28.4 Å². The summed E-state index contributed by atoms with van der Waals surface area (Å²) < 4.78 is 13.0. The maximum absolute atomic E-state index is 12.5. The van der Waals surface area contributed by atoms with Crippen LogP contribution in [0.2, 0.25) is 5.02 Å². The molecule has 2 heterocycles. The van der Waals surface area contributed by atoms with Gasteiger partial charge in [-0.1, -0.05) is 29.8 Å². The normalized spacial score (nSPS) is 13.0. The molecule has 6 heteroatoms. The lowest BCUT2D eigenvalue weighted by atomic mass is 10.1. The van der Waals surface area contributed by atoms with E-state index in [9.17, 15) is 4.79 Å². The first-order chi connectivity index (χ1) is 12.6. The van der Waals surface area contributed by atoms with Gasteiger partial charge in [0, 0.05) is 24.5 Å². The SMILES string of the molecule is Cn1c(C(=O)NCCc2cc(Cl)c3c(c2)OCCO3)cc2ccccc21. The summed E-state index contributed by atoms with van der Waals surface area (Å²) in [5.41, 5.74) is 2.68. The highest BCUT2D eigenvalue weighted by Gasteiger charge is 2.17. The van der Waals surface area contributed by atoms with Gasteiger partial charge in [0.2, 0.25) is 0 Å². The summed E-state index contributed by atoms with van der Waals surface area (Å²) in [6.45, 7) is 1.54. The van der Waals surface area contributed by atoms with Crippen LogP contribution in [-0.2, 0) is 13.5 Å². The molecule has 4 rings (SSSR count). The van der Waals surface area contributed by atoms with E-state index >= 15 is 0 Å². The molecule has 1 aliphatic rings. The Morgan fingerprint density at radius 1 is 1.19 bits per heavy atom. The van der Waals surface area contributed by atoms with Crippen molar-refractivity contribution in [1.82, 2.24) is 9.88 Å². The van der Waals surface area contributed by atoms with Crippen LogP contribution in [0, 0.1) is 0 Å². The van der Waals surface area contributed by atoms with Gasteiger partial charge in [-0.3, -0.25) is 4.79 Å². The second-order valence-corrected chi connectivity index (χ2v) is 6.66. The highest BCUT2D eigenvalue weighted by Crippen LogP contribution is 2.38. The molecule has 0 aliphatic carbocycles. The third kappa shape index (κ3) is 3.10. The molecular formula is C20H19ClN2O3. The van der Waals surface area contributed by atoms with E-state index in [0.29, 0.717) is 48.4 Å². The van der Waals surface area contributed by atoms with E-state index in [0.717, 1.165) is 16.5 Å². The zero-order chi connectivity index (χ0) is 18.1. The third-order valence-electron chi connectivity index (χ3n) is 4.54. The molecule has 2 aromatic carbocycles. The highest BCUT2D eigenvalue weighted by molar-refractivity contribution is 6.32. The van der Waals surface area contributed by atoms with Gasteiger partial charge in [-0.15, -0.1) is 0 Å². The Hall–Kier alpha value is -2.66. The van der Waals surface area contributed by atoms with Gasteiger partial charge in [0.15, 0.2) is 11.5 Å². The lowest BCUT2D eigenvalue weighted by molar-refractivity contribution is 0.0946. The minimum absolute atomic E-state index is 0.0904. The molecule has 3 aromatic rings. The molecule has 0 unspecified atom stereocenters. The van der Waals surface area contributed by atoms with Gasteiger partial charge in [0.1, 0.15) is 18.9 Å². The first-order valence-corrected chi connectivity index (χ1v) is 8.92. The van der Waals surface area contributed by atoms with Crippen molar-refractivity contribution in [2.45, 2.75) is 6.42 Å². The van der Waals surface area contributed by atoms with E-state index in [2.05, 4.69) is 5.32 Å². The number of para-hydroxylation sites is 1. The van der Waals surface area contributed by atoms with Gasteiger partial charge in [-0.25, -0.2) is 0 Å². The summed E-state index contributed by atoms with van der Waals surface area (Å²) in [4.78, 5) is 12.5. The first kappa shape index (κ1) is 16.8. The van der Waals surface area contributed by atoms with E-state index in [4.69, 9.17) is 21.1 Å². The van der Waals surface area contributed by atoms with Crippen LogP contribution in [0.1, 0.15) is 16.1 Å². The Morgan fingerprint density at radius 2 is 2.00 bits per heavy atom. The van der Waals surface area contributed by atoms with Crippen molar-refractivity contribution in [1.29, 1.82) is 0 Å². The molecule has 0 radical (unpaired) electrons. The number of benzene rings is 2. The van der Waals surface area contributed by atoms with Crippen LogP contribution in [0.3, 0.4) is 0 Å². The molecule has 26 heavy (non-hydrogen) atoms. The van der Waals surface area contributed by atoms with Crippen molar-refractivity contribution in [2.75, 3.05) is 19.8 Å². The molecule has 1 N–H and O–H groups in total. The fourth-order valence-electron chi connectivity index (χ4n) is 3.23. The average Bonchev–Trinajstić information content (AvgIpc) is 2.99. The molecule has 0 fully saturated rings. The number of hydrogen-bond donors (Lipinski definition) is 1. The average molecular weight is 371 g/mol. The van der Waals surface area contributed by atoms with Crippen molar-refractivity contribution in [3.8, 4) is 11.5 Å².